The van der Waals surface area contributed by atoms with E-state index in [9.17, 15) is 30.6 Å². The van der Waals surface area contributed by atoms with Gasteiger partial charge in [0.15, 0.2) is 30.9 Å². The minimum Gasteiger partial charge on any atom is -0.394 e. The Balaban J connectivity index is 0.721. The zero-order chi connectivity index (χ0) is 46.6. The molecule has 0 aromatic heterocycles. The number of methoxy groups -OCH3 is 2. The molecule has 6 heterocycles. The lowest BCUT2D eigenvalue weighted by atomic mass is 9.52. The van der Waals surface area contributed by atoms with Crippen molar-refractivity contribution in [2.75, 3.05) is 34.0 Å². The van der Waals surface area contributed by atoms with Gasteiger partial charge in [-0.2, -0.15) is 0 Å². The third-order valence-corrected chi connectivity index (χ3v) is 17.7. The van der Waals surface area contributed by atoms with Crippen LogP contribution in [0.4, 0.5) is 0 Å². The van der Waals surface area contributed by atoms with Crippen molar-refractivity contribution in [1.82, 2.24) is 0 Å². The van der Waals surface area contributed by atoms with Gasteiger partial charge in [0.25, 0.3) is 0 Å². The topological polar surface area (TPSA) is 232 Å². The molecule has 0 unspecified atom stereocenters. The molecule has 0 bridgehead atoms. The first-order valence-electron chi connectivity index (χ1n) is 24.5. The van der Waals surface area contributed by atoms with Gasteiger partial charge in [-0.15, -0.1) is 0 Å². The van der Waals surface area contributed by atoms with Gasteiger partial charge < -0.3 is 87.5 Å². The van der Waals surface area contributed by atoms with Crippen molar-refractivity contribution in [2.45, 2.75) is 215 Å². The molecular formula is C48H74O18. The smallest absolute Gasteiger partial charge is 0.187 e. The van der Waals surface area contributed by atoms with Crippen LogP contribution in [0.3, 0.4) is 0 Å². The van der Waals surface area contributed by atoms with E-state index in [0.717, 1.165) is 38.9 Å². The van der Waals surface area contributed by atoms with E-state index in [1.165, 1.54) is 12.7 Å². The van der Waals surface area contributed by atoms with E-state index >= 15 is 0 Å². The van der Waals surface area contributed by atoms with E-state index in [-0.39, 0.29) is 23.7 Å². The molecule has 6 N–H and O–H groups in total. The molecule has 18 nitrogen and oxygen atoms in total. The average molecular weight is 939 g/mol. The van der Waals surface area contributed by atoms with Crippen LogP contribution in [0.25, 0.3) is 0 Å². The summed E-state index contributed by atoms with van der Waals surface area (Å²) in [5, 5.41) is 63.8. The number of hydrogen-bond donors (Lipinski definition) is 6. The molecule has 18 heteroatoms. The maximum absolute atomic E-state index is 11.8. The van der Waals surface area contributed by atoms with Crippen molar-refractivity contribution >= 4 is 0 Å². The highest BCUT2D eigenvalue weighted by atomic mass is 16.8. The van der Waals surface area contributed by atoms with Crippen molar-refractivity contribution in [3.63, 3.8) is 0 Å². The van der Waals surface area contributed by atoms with Gasteiger partial charge in [0.2, 0.25) is 0 Å². The summed E-state index contributed by atoms with van der Waals surface area (Å²) in [6.07, 6.45) is -7.59. The fraction of sp³-hybridized carbons (Fsp3) is 0.917. The van der Waals surface area contributed by atoms with Crippen molar-refractivity contribution in [2.24, 2.45) is 28.6 Å². The van der Waals surface area contributed by atoms with Crippen molar-refractivity contribution in [3.8, 4) is 0 Å². The zero-order valence-corrected chi connectivity index (χ0v) is 39.3. The third-order valence-electron chi connectivity index (χ3n) is 17.7. The highest BCUT2D eigenvalue weighted by molar-refractivity contribution is 5.43. The van der Waals surface area contributed by atoms with E-state index in [2.05, 4.69) is 19.9 Å². The van der Waals surface area contributed by atoms with Gasteiger partial charge in [-0.05, 0) is 83.5 Å². The normalized spacial score (nSPS) is 54.7. The first-order chi connectivity index (χ1) is 31.5. The summed E-state index contributed by atoms with van der Waals surface area (Å²) in [4.78, 5) is 0. The lowest BCUT2D eigenvalue weighted by Gasteiger charge is -2.54. The Morgan fingerprint density at radius 1 is 0.697 bits per heavy atom. The Labute approximate surface area is 387 Å². The molecule has 2 saturated carbocycles. The molecule has 66 heavy (non-hydrogen) atoms. The van der Waals surface area contributed by atoms with Crippen LogP contribution in [0.1, 0.15) is 92.4 Å². The molecule has 1 spiro atoms. The number of aliphatic hydroxyl groups excluding tert-OH is 6. The predicted octanol–water partition coefficient (Wildman–Crippen LogP) is 1.72. The van der Waals surface area contributed by atoms with Gasteiger partial charge in [0.1, 0.15) is 42.7 Å². The summed E-state index contributed by atoms with van der Waals surface area (Å²) in [6.45, 7) is 10.9. The molecule has 6 aliphatic heterocycles. The van der Waals surface area contributed by atoms with E-state index < -0.39 is 129 Å². The highest BCUT2D eigenvalue weighted by Gasteiger charge is 2.70. The fourth-order valence-electron chi connectivity index (χ4n) is 14.4. The summed E-state index contributed by atoms with van der Waals surface area (Å²) in [7, 11) is 3.13. The maximum Gasteiger partial charge on any atom is 0.187 e. The first-order valence-corrected chi connectivity index (χ1v) is 24.5. The monoisotopic (exact) mass is 938 g/mol. The van der Waals surface area contributed by atoms with Crippen molar-refractivity contribution in [1.29, 1.82) is 0 Å². The molecule has 374 valence electrons. The maximum atomic E-state index is 11.8. The second-order valence-electron chi connectivity index (χ2n) is 21.4. The van der Waals surface area contributed by atoms with Crippen LogP contribution in [0.2, 0.25) is 0 Å². The minimum absolute atomic E-state index is 0.0997. The molecular weight excluding hydrogens is 865 g/mol. The minimum atomic E-state index is -1.59. The van der Waals surface area contributed by atoms with Gasteiger partial charge in [-0.1, -0.05) is 29.7 Å². The molecule has 8 fully saturated rings. The summed E-state index contributed by atoms with van der Waals surface area (Å²) < 4.78 is 74.3. The Kier molecular flexibility index (Phi) is 13.5. The molecule has 0 radical (unpaired) electrons. The number of ether oxygens (including phenoxy) is 12. The Hall–Kier alpha value is -1.24. The van der Waals surface area contributed by atoms with Crippen molar-refractivity contribution in [3.05, 3.63) is 22.8 Å². The predicted molar refractivity (Wildman–Crippen MR) is 228 cm³/mol. The van der Waals surface area contributed by atoms with Crippen LogP contribution in [0, 0.1) is 28.6 Å². The van der Waals surface area contributed by atoms with E-state index in [0.29, 0.717) is 37.0 Å². The summed E-state index contributed by atoms with van der Waals surface area (Å²) in [5.41, 5.74) is 4.58. The molecule has 0 amide bonds. The van der Waals surface area contributed by atoms with Crippen LogP contribution in [0.15, 0.2) is 22.8 Å². The van der Waals surface area contributed by atoms with Gasteiger partial charge in [0.05, 0.1) is 68.7 Å². The number of aliphatic hydroxyl groups is 6. The third kappa shape index (κ3) is 8.11. The number of hydrogen-bond acceptors (Lipinski definition) is 18. The number of allylic oxidation sites excluding steroid dienone is 2. The number of rotatable bonds is 11. The highest BCUT2D eigenvalue weighted by Crippen LogP contribution is 2.71. The van der Waals surface area contributed by atoms with E-state index in [1.54, 1.807) is 32.1 Å². The molecule has 0 aromatic rings. The second-order valence-corrected chi connectivity index (χ2v) is 21.4. The number of fused-ring (bicyclic) bond motifs is 3. The van der Waals surface area contributed by atoms with Crippen LogP contribution in [0.5, 0.6) is 0 Å². The molecule has 4 aliphatic carbocycles. The summed E-state index contributed by atoms with van der Waals surface area (Å²) in [5.74, 6) is 0.911. The Bertz CT molecular complexity index is 1800. The Morgan fingerprint density at radius 2 is 1.33 bits per heavy atom. The van der Waals surface area contributed by atoms with E-state index in [4.69, 9.17) is 56.8 Å². The lowest BCUT2D eigenvalue weighted by molar-refractivity contribution is -0.356. The fourth-order valence-corrected chi connectivity index (χ4v) is 14.4. The SMILES string of the molecule is CO[C@H]1C[C@H](O[C@@H]2CC3=CCC4=C5C[C@@H]6CO[C@]7(C)OC[C@@]5(CC[C@@H]4[C@@]3(C)C[C@H]2O)[C@H]67)O[C@H](C)[C@H]1O[C@H]1C[C@H](O)[C@H](O[C@H]2C[C@@H](OC)[C@@H](O[C@@H]3O[C@H](CO)[C@@H](O)[C@H](O)[C@H]3O)[C@H](C)O2)[C@@H](C)O1. The van der Waals surface area contributed by atoms with Crippen LogP contribution < -0.4 is 0 Å². The molecule has 25 atom stereocenters. The molecule has 10 aliphatic rings. The Morgan fingerprint density at radius 3 is 2.00 bits per heavy atom. The van der Waals surface area contributed by atoms with Crippen LogP contribution >= 0.6 is 0 Å². The second kappa shape index (κ2) is 18.4. The average Bonchev–Trinajstić information content (AvgIpc) is 3.92. The van der Waals surface area contributed by atoms with Gasteiger partial charge >= 0.3 is 0 Å². The van der Waals surface area contributed by atoms with Crippen LogP contribution in [-0.4, -0.2) is 187 Å². The largest absolute Gasteiger partial charge is 0.394 e. The van der Waals surface area contributed by atoms with Gasteiger partial charge in [-0.3, -0.25) is 0 Å². The van der Waals surface area contributed by atoms with Crippen molar-refractivity contribution < 1.29 is 87.5 Å². The molecule has 6 saturated heterocycles. The molecule has 0 aromatic carbocycles. The summed E-state index contributed by atoms with van der Waals surface area (Å²) >= 11 is 0. The quantitative estimate of drug-likeness (QED) is 0.162. The standard InChI is InChI=1S/C48H74O18/c1-21-41(64-37-16-33(56-7)43(23(3)61-37)66-45-40(54)39(53)38(52)34(18-49)63-45)29(50)14-35(59-21)65-42-22(2)60-36(15-32(42)55-6)62-31-13-25-8-9-26-27(46(25,4)17-30(31)51)10-11-48-20-58-47(5)44(48)24(19-57-47)12-28(26)48/h8,21-24,27,29-45,49-54H,9-20H2,1-7H3/t21-,22-,23+,24-,27+,29+,30-,31-,32+,33-,34-,35+,36+,37+,38-,39+,40-,41-,42-,43+,44-,45+,46+,47-,48-/m1/s1. The summed E-state index contributed by atoms with van der Waals surface area (Å²) in [6, 6.07) is 0. The van der Waals surface area contributed by atoms with Gasteiger partial charge in [-0.25, -0.2) is 0 Å². The van der Waals surface area contributed by atoms with Gasteiger partial charge in [0, 0.05) is 44.8 Å². The van der Waals surface area contributed by atoms with E-state index in [1.807, 2.05) is 6.92 Å². The first kappa shape index (κ1) is 48.4. The molecule has 10 rings (SSSR count). The zero-order valence-electron chi connectivity index (χ0n) is 39.3. The lowest BCUT2D eigenvalue weighted by Crippen LogP contribution is -2.62. The van der Waals surface area contributed by atoms with Crippen LogP contribution in [-0.2, 0) is 56.8 Å².